The molecule has 3 rings (SSSR count). The zero-order chi connectivity index (χ0) is 18.4. The van der Waals surface area contributed by atoms with Crippen LogP contribution in [0.5, 0.6) is 0 Å². The summed E-state index contributed by atoms with van der Waals surface area (Å²) in [5.74, 6) is -0.464. The van der Waals surface area contributed by atoms with Gasteiger partial charge in [0.2, 0.25) is 0 Å². The molecule has 0 fully saturated rings. The number of benzene rings is 1. The molecule has 0 bridgehead atoms. The number of thiazole rings is 2. The average molecular weight is 387 g/mol. The number of hydrogen-bond donors (Lipinski definition) is 2. The van der Waals surface area contributed by atoms with Crippen LogP contribution in [0.4, 0.5) is 16.0 Å². The summed E-state index contributed by atoms with van der Waals surface area (Å²) in [4.78, 5) is 20.7. The van der Waals surface area contributed by atoms with E-state index >= 15 is 0 Å². The van der Waals surface area contributed by atoms with Crippen molar-refractivity contribution in [3.63, 3.8) is 0 Å². The standard InChI is InChI=1S/C18H18N4O2S2/c1-3-8-19-17-22-15(11-26-17)16(23)24-9-14-10-25-18(21-14)20-13-6-4-12(2)5-7-13/h3-7,10-11H,1,8-9H2,2H3,(H,19,22)(H,20,21). The predicted octanol–water partition coefficient (Wildman–Crippen LogP) is 4.61. The van der Waals surface area contributed by atoms with Crippen LogP contribution in [-0.4, -0.2) is 22.5 Å². The number of ether oxygens (including phenoxy) is 1. The Hall–Kier alpha value is -2.71. The molecule has 6 nitrogen and oxygen atoms in total. The van der Waals surface area contributed by atoms with Gasteiger partial charge >= 0.3 is 5.97 Å². The van der Waals surface area contributed by atoms with Gasteiger partial charge in [-0.3, -0.25) is 0 Å². The van der Waals surface area contributed by atoms with Gasteiger partial charge in [0.15, 0.2) is 16.0 Å². The smallest absolute Gasteiger partial charge is 0.358 e. The van der Waals surface area contributed by atoms with Gasteiger partial charge in [-0.05, 0) is 19.1 Å². The summed E-state index contributed by atoms with van der Waals surface area (Å²) in [6.07, 6.45) is 1.73. The summed E-state index contributed by atoms with van der Waals surface area (Å²) in [5, 5.41) is 11.2. The highest BCUT2D eigenvalue weighted by Gasteiger charge is 2.13. The van der Waals surface area contributed by atoms with Crippen LogP contribution in [0.15, 0.2) is 47.7 Å². The van der Waals surface area contributed by atoms with Crippen molar-refractivity contribution in [2.24, 2.45) is 0 Å². The van der Waals surface area contributed by atoms with Gasteiger partial charge in [0.25, 0.3) is 0 Å². The summed E-state index contributed by atoms with van der Waals surface area (Å²) in [6.45, 7) is 6.37. The van der Waals surface area contributed by atoms with Crippen molar-refractivity contribution in [1.29, 1.82) is 0 Å². The fraction of sp³-hybridized carbons (Fsp3) is 0.167. The Morgan fingerprint density at radius 3 is 2.73 bits per heavy atom. The summed E-state index contributed by atoms with van der Waals surface area (Å²) in [5.41, 5.74) is 3.15. The van der Waals surface area contributed by atoms with Crippen molar-refractivity contribution in [2.45, 2.75) is 13.5 Å². The van der Waals surface area contributed by atoms with E-state index in [4.69, 9.17) is 4.74 Å². The number of carbonyl (C=O) groups excluding carboxylic acids is 1. The van der Waals surface area contributed by atoms with E-state index in [1.165, 1.54) is 28.2 Å². The van der Waals surface area contributed by atoms with Crippen molar-refractivity contribution in [3.8, 4) is 0 Å². The molecule has 0 saturated heterocycles. The Morgan fingerprint density at radius 1 is 1.19 bits per heavy atom. The Bertz CT molecular complexity index is 887. The number of anilines is 3. The monoisotopic (exact) mass is 386 g/mol. The third-order valence-electron chi connectivity index (χ3n) is 3.32. The molecule has 0 amide bonds. The van der Waals surface area contributed by atoms with Crippen LogP contribution in [0, 0.1) is 6.92 Å². The molecule has 2 heterocycles. The number of hydrogen-bond acceptors (Lipinski definition) is 8. The fourth-order valence-corrected chi connectivity index (χ4v) is 3.42. The molecule has 0 spiro atoms. The van der Waals surface area contributed by atoms with Crippen LogP contribution in [0.1, 0.15) is 21.7 Å². The predicted molar refractivity (Wildman–Crippen MR) is 106 cm³/mol. The summed E-state index contributed by atoms with van der Waals surface area (Å²) in [7, 11) is 0. The van der Waals surface area contributed by atoms with Crippen molar-refractivity contribution >= 4 is 44.6 Å². The van der Waals surface area contributed by atoms with E-state index in [9.17, 15) is 4.79 Å². The van der Waals surface area contributed by atoms with Crippen molar-refractivity contribution in [2.75, 3.05) is 17.2 Å². The molecule has 0 saturated carbocycles. The van der Waals surface area contributed by atoms with Crippen LogP contribution >= 0.6 is 22.7 Å². The minimum Gasteiger partial charge on any atom is -0.454 e. The van der Waals surface area contributed by atoms with Crippen LogP contribution in [0.2, 0.25) is 0 Å². The molecule has 26 heavy (non-hydrogen) atoms. The first kappa shape index (κ1) is 18.1. The molecule has 2 aromatic heterocycles. The number of carbonyl (C=O) groups is 1. The van der Waals surface area contributed by atoms with Gasteiger partial charge in [-0.1, -0.05) is 23.8 Å². The minimum atomic E-state index is -0.464. The van der Waals surface area contributed by atoms with Crippen LogP contribution in [-0.2, 0) is 11.3 Å². The number of esters is 1. The van der Waals surface area contributed by atoms with E-state index in [0.29, 0.717) is 17.4 Å². The average Bonchev–Trinajstić information content (AvgIpc) is 3.29. The maximum atomic E-state index is 12.1. The highest BCUT2D eigenvalue weighted by Crippen LogP contribution is 2.22. The van der Waals surface area contributed by atoms with Crippen LogP contribution in [0.25, 0.3) is 0 Å². The van der Waals surface area contributed by atoms with Gasteiger partial charge in [0.1, 0.15) is 6.61 Å². The first-order chi connectivity index (χ1) is 12.6. The van der Waals surface area contributed by atoms with Gasteiger partial charge in [-0.2, -0.15) is 0 Å². The first-order valence-corrected chi connectivity index (χ1v) is 9.65. The van der Waals surface area contributed by atoms with Crippen molar-refractivity contribution in [3.05, 3.63) is 64.6 Å². The molecular formula is C18H18N4O2S2. The van der Waals surface area contributed by atoms with E-state index in [0.717, 1.165) is 10.8 Å². The van der Waals surface area contributed by atoms with E-state index < -0.39 is 5.97 Å². The molecule has 0 aliphatic heterocycles. The molecule has 0 aliphatic rings. The van der Waals surface area contributed by atoms with Gasteiger partial charge in [-0.15, -0.1) is 29.3 Å². The van der Waals surface area contributed by atoms with E-state index in [1.54, 1.807) is 11.5 Å². The van der Waals surface area contributed by atoms with Gasteiger partial charge < -0.3 is 15.4 Å². The third kappa shape index (κ3) is 4.90. The van der Waals surface area contributed by atoms with Crippen LogP contribution in [0.3, 0.4) is 0 Å². The minimum absolute atomic E-state index is 0.109. The quantitative estimate of drug-likeness (QED) is 0.435. The number of nitrogens with one attached hydrogen (secondary N) is 2. The Kier molecular flexibility index (Phi) is 5.98. The molecule has 0 radical (unpaired) electrons. The van der Waals surface area contributed by atoms with E-state index in [2.05, 4.69) is 27.2 Å². The second-order valence-electron chi connectivity index (χ2n) is 5.42. The second kappa shape index (κ2) is 8.59. The lowest BCUT2D eigenvalue weighted by molar-refractivity contribution is 0.0462. The summed E-state index contributed by atoms with van der Waals surface area (Å²) < 4.78 is 5.28. The number of nitrogens with zero attached hydrogens (tertiary/aromatic N) is 2. The molecule has 3 aromatic rings. The molecular weight excluding hydrogens is 368 g/mol. The lowest BCUT2D eigenvalue weighted by Gasteiger charge is -2.02. The second-order valence-corrected chi connectivity index (χ2v) is 7.13. The maximum absolute atomic E-state index is 12.1. The number of aromatic nitrogens is 2. The van der Waals surface area contributed by atoms with E-state index in [1.807, 2.05) is 36.6 Å². The number of rotatable bonds is 8. The molecule has 8 heteroatoms. The van der Waals surface area contributed by atoms with Gasteiger partial charge in [0, 0.05) is 23.0 Å². The largest absolute Gasteiger partial charge is 0.454 e. The molecule has 1 aromatic carbocycles. The Morgan fingerprint density at radius 2 is 1.96 bits per heavy atom. The third-order valence-corrected chi connectivity index (χ3v) is 4.92. The molecule has 2 N–H and O–H groups in total. The van der Waals surface area contributed by atoms with Gasteiger partial charge in [-0.25, -0.2) is 14.8 Å². The molecule has 0 unspecified atom stereocenters. The highest BCUT2D eigenvalue weighted by atomic mass is 32.1. The zero-order valence-electron chi connectivity index (χ0n) is 14.2. The highest BCUT2D eigenvalue weighted by molar-refractivity contribution is 7.14. The Labute approximate surface area is 159 Å². The number of aryl methyl sites for hydroxylation is 1. The topological polar surface area (TPSA) is 76.1 Å². The maximum Gasteiger partial charge on any atom is 0.358 e. The lowest BCUT2D eigenvalue weighted by atomic mass is 10.2. The Balaban J connectivity index is 1.52. The zero-order valence-corrected chi connectivity index (χ0v) is 15.8. The molecule has 0 aliphatic carbocycles. The van der Waals surface area contributed by atoms with E-state index in [-0.39, 0.29) is 12.3 Å². The first-order valence-electron chi connectivity index (χ1n) is 7.89. The lowest BCUT2D eigenvalue weighted by Crippen LogP contribution is -2.06. The summed E-state index contributed by atoms with van der Waals surface area (Å²) >= 11 is 2.81. The molecule has 0 atom stereocenters. The fourth-order valence-electron chi connectivity index (χ4n) is 2.01. The van der Waals surface area contributed by atoms with Gasteiger partial charge in [0.05, 0.1) is 5.69 Å². The normalized spacial score (nSPS) is 10.3. The summed E-state index contributed by atoms with van der Waals surface area (Å²) in [6, 6.07) is 8.06. The van der Waals surface area contributed by atoms with Crippen LogP contribution < -0.4 is 10.6 Å². The van der Waals surface area contributed by atoms with Crippen molar-refractivity contribution < 1.29 is 9.53 Å². The van der Waals surface area contributed by atoms with Crippen molar-refractivity contribution in [1.82, 2.24) is 9.97 Å². The molecule has 134 valence electrons. The SMILES string of the molecule is C=CCNc1nc(C(=O)OCc2csc(Nc3ccc(C)cc3)n2)cs1.